The van der Waals surface area contributed by atoms with Gasteiger partial charge in [0.15, 0.2) is 0 Å². The maximum Gasteiger partial charge on any atom is 0.261 e. The number of sulfonamides is 1. The van der Waals surface area contributed by atoms with Crippen LogP contribution in [0, 0.1) is 6.92 Å². The highest BCUT2D eigenvalue weighted by molar-refractivity contribution is 7.89. The van der Waals surface area contributed by atoms with E-state index in [4.69, 9.17) is 21.1 Å². The van der Waals surface area contributed by atoms with Gasteiger partial charge in [0.1, 0.15) is 22.8 Å². The molecule has 0 spiro atoms. The standard InChI is InChI=1S/C29H26ClN5O4S/c1-18-26(27(34-39-18)22-6-2-3-7-23(22)30)29(36)31-20-10-12-21(13-11-20)40(37,38)35-16-14-19(15-17-35)28-32-24-8-4-5-9-25(24)33-28/h2-13,19H,14-17H2,1H3,(H,31,36)(H,32,33). The first-order valence-corrected chi connectivity index (χ1v) is 14.7. The van der Waals surface area contributed by atoms with Gasteiger partial charge in [0, 0.05) is 30.3 Å². The summed E-state index contributed by atoms with van der Waals surface area (Å²) in [7, 11) is -3.68. The normalized spacial score (nSPS) is 14.9. The average Bonchev–Trinajstić information content (AvgIpc) is 3.57. The van der Waals surface area contributed by atoms with Crippen molar-refractivity contribution in [1.29, 1.82) is 0 Å². The minimum Gasteiger partial charge on any atom is -0.360 e. The molecule has 3 heterocycles. The molecule has 204 valence electrons. The molecule has 0 aliphatic carbocycles. The number of nitrogens with one attached hydrogen (secondary N) is 2. The second kappa shape index (κ2) is 10.5. The highest BCUT2D eigenvalue weighted by atomic mass is 35.5. The van der Waals surface area contributed by atoms with E-state index in [1.807, 2.05) is 24.3 Å². The number of nitrogens with zero attached hydrogens (tertiary/aromatic N) is 3. The fraction of sp³-hybridized carbons (Fsp3) is 0.207. The third-order valence-electron chi connectivity index (χ3n) is 7.22. The lowest BCUT2D eigenvalue weighted by molar-refractivity contribution is 0.102. The molecule has 9 nitrogen and oxygen atoms in total. The van der Waals surface area contributed by atoms with Gasteiger partial charge in [-0.25, -0.2) is 13.4 Å². The molecule has 0 bridgehead atoms. The summed E-state index contributed by atoms with van der Waals surface area (Å²) < 4.78 is 33.5. The number of carbonyl (C=O) groups excluding carboxylic acids is 1. The van der Waals surface area contributed by atoms with Crippen LogP contribution in [0.3, 0.4) is 0 Å². The number of benzene rings is 3. The Morgan fingerprint density at radius 2 is 1.73 bits per heavy atom. The smallest absolute Gasteiger partial charge is 0.261 e. The molecule has 5 aromatic rings. The number of carbonyl (C=O) groups is 1. The summed E-state index contributed by atoms with van der Waals surface area (Å²) in [5.41, 5.74) is 3.52. The zero-order valence-corrected chi connectivity index (χ0v) is 23.2. The first-order valence-electron chi connectivity index (χ1n) is 12.9. The Hall–Kier alpha value is -3.99. The van der Waals surface area contributed by atoms with E-state index in [1.54, 1.807) is 43.3 Å². The minimum atomic E-state index is -3.68. The van der Waals surface area contributed by atoms with E-state index in [9.17, 15) is 13.2 Å². The average molecular weight is 576 g/mol. The van der Waals surface area contributed by atoms with Crippen LogP contribution in [0.5, 0.6) is 0 Å². The van der Waals surface area contributed by atoms with Crippen molar-refractivity contribution >= 4 is 44.3 Å². The van der Waals surface area contributed by atoms with Crippen LogP contribution in [-0.4, -0.2) is 46.8 Å². The number of amides is 1. The van der Waals surface area contributed by atoms with E-state index in [1.165, 1.54) is 16.4 Å². The summed E-state index contributed by atoms with van der Waals surface area (Å²) >= 11 is 6.31. The second-order valence-corrected chi connectivity index (χ2v) is 12.1. The number of hydrogen-bond acceptors (Lipinski definition) is 6. The van der Waals surface area contributed by atoms with E-state index in [-0.39, 0.29) is 16.4 Å². The van der Waals surface area contributed by atoms with Crippen LogP contribution in [0.15, 0.2) is 82.2 Å². The molecule has 40 heavy (non-hydrogen) atoms. The minimum absolute atomic E-state index is 0.172. The van der Waals surface area contributed by atoms with Crippen molar-refractivity contribution in [3.05, 3.63) is 95.0 Å². The maximum atomic E-state index is 13.4. The van der Waals surface area contributed by atoms with Gasteiger partial charge in [0.25, 0.3) is 5.91 Å². The zero-order chi connectivity index (χ0) is 27.9. The van der Waals surface area contributed by atoms with Crippen LogP contribution in [0.2, 0.25) is 5.02 Å². The lowest BCUT2D eigenvalue weighted by Gasteiger charge is -2.30. The number of H-pyrrole nitrogens is 1. The second-order valence-electron chi connectivity index (χ2n) is 9.74. The van der Waals surface area contributed by atoms with Crippen LogP contribution in [0.4, 0.5) is 5.69 Å². The third kappa shape index (κ3) is 4.90. The number of aryl methyl sites for hydroxylation is 1. The summed E-state index contributed by atoms with van der Waals surface area (Å²) in [6.45, 7) is 2.45. The summed E-state index contributed by atoms with van der Waals surface area (Å²) in [6, 6.07) is 21.1. The monoisotopic (exact) mass is 575 g/mol. The van der Waals surface area contributed by atoms with Crippen molar-refractivity contribution in [1.82, 2.24) is 19.4 Å². The molecule has 2 N–H and O–H groups in total. The largest absolute Gasteiger partial charge is 0.360 e. The summed E-state index contributed by atoms with van der Waals surface area (Å²) in [5, 5.41) is 7.28. The Morgan fingerprint density at radius 1 is 1.02 bits per heavy atom. The molecule has 0 unspecified atom stereocenters. The maximum absolute atomic E-state index is 13.4. The van der Waals surface area contributed by atoms with Gasteiger partial charge in [0.2, 0.25) is 10.0 Å². The Morgan fingerprint density at radius 3 is 2.45 bits per heavy atom. The van der Waals surface area contributed by atoms with Gasteiger partial charge < -0.3 is 14.8 Å². The van der Waals surface area contributed by atoms with Crippen molar-refractivity contribution in [3.63, 3.8) is 0 Å². The molecule has 2 aromatic heterocycles. The van der Waals surface area contributed by atoms with Crippen molar-refractivity contribution < 1.29 is 17.7 Å². The van der Waals surface area contributed by atoms with Crippen molar-refractivity contribution in [2.75, 3.05) is 18.4 Å². The molecule has 1 aliphatic heterocycles. The Balaban J connectivity index is 1.13. The van der Waals surface area contributed by atoms with Gasteiger partial charge in [-0.1, -0.05) is 47.1 Å². The molecule has 11 heteroatoms. The Bertz CT molecular complexity index is 1770. The number of aromatic nitrogens is 3. The fourth-order valence-electron chi connectivity index (χ4n) is 5.07. The molecule has 0 saturated carbocycles. The number of hydrogen-bond donors (Lipinski definition) is 2. The van der Waals surface area contributed by atoms with E-state index >= 15 is 0 Å². The lowest BCUT2D eigenvalue weighted by Crippen LogP contribution is -2.38. The van der Waals surface area contributed by atoms with Crippen molar-refractivity contribution in [3.8, 4) is 11.3 Å². The number of fused-ring (bicyclic) bond motifs is 1. The predicted molar refractivity (Wildman–Crippen MR) is 153 cm³/mol. The van der Waals surface area contributed by atoms with Gasteiger partial charge in [-0.05, 0) is 62.2 Å². The van der Waals surface area contributed by atoms with Gasteiger partial charge >= 0.3 is 0 Å². The topological polar surface area (TPSA) is 121 Å². The van der Waals surface area contributed by atoms with Crippen LogP contribution in [0.1, 0.15) is 40.7 Å². The molecular weight excluding hydrogens is 550 g/mol. The van der Waals surface area contributed by atoms with Crippen molar-refractivity contribution in [2.45, 2.75) is 30.6 Å². The van der Waals surface area contributed by atoms with E-state index in [2.05, 4.69) is 15.5 Å². The molecule has 6 rings (SSSR count). The number of piperidine rings is 1. The Labute approximate surface area is 236 Å². The van der Waals surface area contributed by atoms with Crippen LogP contribution in [0.25, 0.3) is 22.3 Å². The molecule has 1 amide bonds. The van der Waals surface area contributed by atoms with E-state index < -0.39 is 15.9 Å². The molecule has 1 aliphatic rings. The summed E-state index contributed by atoms with van der Waals surface area (Å²) in [4.78, 5) is 21.4. The van der Waals surface area contributed by atoms with Gasteiger partial charge in [-0.2, -0.15) is 4.31 Å². The quantitative estimate of drug-likeness (QED) is 0.256. The van der Waals surface area contributed by atoms with Gasteiger partial charge in [-0.3, -0.25) is 4.79 Å². The summed E-state index contributed by atoms with van der Waals surface area (Å²) in [5.74, 6) is 0.988. The van der Waals surface area contributed by atoms with E-state index in [0.29, 0.717) is 53.7 Å². The zero-order valence-electron chi connectivity index (χ0n) is 21.6. The van der Waals surface area contributed by atoms with Crippen LogP contribution < -0.4 is 5.32 Å². The number of para-hydroxylation sites is 2. The molecule has 3 aromatic carbocycles. The molecule has 0 atom stereocenters. The first kappa shape index (κ1) is 26.2. The van der Waals surface area contributed by atoms with E-state index in [0.717, 1.165) is 16.9 Å². The van der Waals surface area contributed by atoms with Gasteiger partial charge in [-0.15, -0.1) is 0 Å². The van der Waals surface area contributed by atoms with Crippen LogP contribution >= 0.6 is 11.6 Å². The highest BCUT2D eigenvalue weighted by Gasteiger charge is 2.31. The van der Waals surface area contributed by atoms with Gasteiger partial charge in [0.05, 0.1) is 21.0 Å². The van der Waals surface area contributed by atoms with Crippen molar-refractivity contribution in [2.24, 2.45) is 0 Å². The molecule has 0 radical (unpaired) electrons. The number of rotatable bonds is 6. The number of aromatic amines is 1. The number of imidazole rings is 1. The third-order valence-corrected chi connectivity index (χ3v) is 9.46. The number of halogens is 1. The molecule has 1 fully saturated rings. The Kier molecular flexibility index (Phi) is 6.91. The first-order chi connectivity index (χ1) is 19.3. The molecule has 1 saturated heterocycles. The fourth-order valence-corrected chi connectivity index (χ4v) is 6.76. The van der Waals surface area contributed by atoms with Crippen LogP contribution in [-0.2, 0) is 10.0 Å². The summed E-state index contributed by atoms with van der Waals surface area (Å²) in [6.07, 6.45) is 1.36. The highest BCUT2D eigenvalue weighted by Crippen LogP contribution is 2.33. The predicted octanol–water partition coefficient (Wildman–Crippen LogP) is 6.00. The SMILES string of the molecule is Cc1onc(-c2ccccc2Cl)c1C(=O)Nc1ccc(S(=O)(=O)N2CCC(c3nc4ccccc4[nH]3)CC2)cc1. The molecular formula is C29H26ClN5O4S. The lowest BCUT2D eigenvalue weighted by atomic mass is 9.97. The number of anilines is 1.